The molecule has 1 aromatic heterocycles. The molecule has 0 amide bonds. The Morgan fingerprint density at radius 2 is 2.17 bits per heavy atom. The van der Waals surface area contributed by atoms with E-state index >= 15 is 0 Å². The molecule has 2 heterocycles. The number of hydrogen-bond acceptors (Lipinski definition) is 4. The van der Waals surface area contributed by atoms with Crippen LogP contribution in [0.1, 0.15) is 11.8 Å². The maximum absolute atomic E-state index is 10.9. The number of nitrogens with zero attached hydrogens (tertiary/aromatic N) is 2. The predicted molar refractivity (Wildman–Crippen MR) is 76.0 cm³/mol. The van der Waals surface area contributed by atoms with Crippen LogP contribution in [0.4, 0.5) is 0 Å². The molecule has 1 aromatic rings. The van der Waals surface area contributed by atoms with Crippen LogP contribution in [0.5, 0.6) is 0 Å². The van der Waals surface area contributed by atoms with Crippen molar-refractivity contribution in [2.45, 2.75) is 19.5 Å². The first-order valence-corrected chi connectivity index (χ1v) is 7.65. The zero-order valence-corrected chi connectivity index (χ0v) is 12.7. The minimum atomic E-state index is -0.731. The second kappa shape index (κ2) is 6.14. The SMILES string of the molecule is CC(C(=O)O)N1CCN(Cc2cc(Br)cs2)CC1. The van der Waals surface area contributed by atoms with Crippen molar-refractivity contribution in [1.82, 2.24) is 9.80 Å². The van der Waals surface area contributed by atoms with Gasteiger partial charge in [0.25, 0.3) is 0 Å². The smallest absolute Gasteiger partial charge is 0.320 e. The summed E-state index contributed by atoms with van der Waals surface area (Å²) >= 11 is 5.22. The van der Waals surface area contributed by atoms with Crippen LogP contribution in [-0.2, 0) is 11.3 Å². The molecular weight excluding hydrogens is 316 g/mol. The summed E-state index contributed by atoms with van der Waals surface area (Å²) in [5.74, 6) is -0.731. The lowest BCUT2D eigenvalue weighted by molar-refractivity contribution is -0.143. The zero-order valence-electron chi connectivity index (χ0n) is 10.3. The average molecular weight is 333 g/mol. The van der Waals surface area contributed by atoms with Crippen LogP contribution in [0.25, 0.3) is 0 Å². The first-order chi connectivity index (χ1) is 8.56. The summed E-state index contributed by atoms with van der Waals surface area (Å²) < 4.78 is 1.14. The largest absolute Gasteiger partial charge is 0.480 e. The van der Waals surface area contributed by atoms with Crippen molar-refractivity contribution >= 4 is 33.2 Å². The van der Waals surface area contributed by atoms with E-state index in [2.05, 4.69) is 32.3 Å². The van der Waals surface area contributed by atoms with Gasteiger partial charge in [0.1, 0.15) is 6.04 Å². The van der Waals surface area contributed by atoms with Crippen molar-refractivity contribution < 1.29 is 9.90 Å². The Morgan fingerprint density at radius 1 is 1.50 bits per heavy atom. The monoisotopic (exact) mass is 332 g/mol. The quantitative estimate of drug-likeness (QED) is 0.917. The normalized spacial score (nSPS) is 19.9. The maximum Gasteiger partial charge on any atom is 0.320 e. The Hall–Kier alpha value is -0.430. The van der Waals surface area contributed by atoms with E-state index in [1.165, 1.54) is 4.88 Å². The van der Waals surface area contributed by atoms with Gasteiger partial charge < -0.3 is 5.11 Å². The molecule has 1 atom stereocenters. The maximum atomic E-state index is 10.9. The molecule has 0 bridgehead atoms. The van der Waals surface area contributed by atoms with Gasteiger partial charge in [-0.3, -0.25) is 14.6 Å². The standard InChI is InChI=1S/C12H17BrN2O2S/c1-9(12(16)17)15-4-2-14(3-5-15)7-11-6-10(13)8-18-11/h6,8-9H,2-5,7H2,1H3,(H,16,17). The molecule has 0 aromatic carbocycles. The number of carboxylic acid groups (broad SMARTS) is 1. The first kappa shape index (κ1) is 14.0. The Kier molecular flexibility index (Phi) is 4.77. The van der Waals surface area contributed by atoms with Gasteiger partial charge in [0.05, 0.1) is 0 Å². The van der Waals surface area contributed by atoms with Gasteiger partial charge in [0.15, 0.2) is 0 Å². The summed E-state index contributed by atoms with van der Waals surface area (Å²) in [7, 11) is 0. The lowest BCUT2D eigenvalue weighted by atomic mass is 10.2. The molecule has 0 radical (unpaired) electrons. The van der Waals surface area contributed by atoms with Crippen LogP contribution < -0.4 is 0 Å². The molecule has 1 unspecified atom stereocenters. The first-order valence-electron chi connectivity index (χ1n) is 5.98. The molecule has 18 heavy (non-hydrogen) atoms. The third-order valence-corrected chi connectivity index (χ3v) is 5.00. The average Bonchev–Trinajstić information content (AvgIpc) is 2.75. The molecular formula is C12H17BrN2O2S. The Bertz CT molecular complexity index is 416. The van der Waals surface area contributed by atoms with Crippen molar-refractivity contribution in [3.8, 4) is 0 Å². The summed E-state index contributed by atoms with van der Waals surface area (Å²) in [6.45, 7) is 6.26. The molecule has 0 spiro atoms. The predicted octanol–water partition coefficient (Wildman–Crippen LogP) is 2.10. The lowest BCUT2D eigenvalue weighted by Gasteiger charge is -2.36. The number of aliphatic carboxylic acids is 1. The fraction of sp³-hybridized carbons (Fsp3) is 0.583. The Balaban J connectivity index is 1.81. The number of carbonyl (C=O) groups is 1. The van der Waals surface area contributed by atoms with Crippen LogP contribution in [0.3, 0.4) is 0 Å². The number of hydrogen-bond donors (Lipinski definition) is 1. The molecule has 1 aliphatic rings. The lowest BCUT2D eigenvalue weighted by Crippen LogP contribution is -2.51. The second-order valence-electron chi connectivity index (χ2n) is 4.56. The summed E-state index contributed by atoms with van der Waals surface area (Å²) in [6, 6.07) is 1.78. The molecule has 4 nitrogen and oxygen atoms in total. The van der Waals surface area contributed by atoms with Gasteiger partial charge in [-0.2, -0.15) is 0 Å². The van der Waals surface area contributed by atoms with Crippen LogP contribution in [0.2, 0.25) is 0 Å². The van der Waals surface area contributed by atoms with E-state index < -0.39 is 5.97 Å². The van der Waals surface area contributed by atoms with Crippen molar-refractivity contribution in [3.05, 3.63) is 20.8 Å². The van der Waals surface area contributed by atoms with E-state index in [1.807, 2.05) is 4.90 Å². The van der Waals surface area contributed by atoms with Crippen molar-refractivity contribution in [2.24, 2.45) is 0 Å². The van der Waals surface area contributed by atoms with Crippen molar-refractivity contribution in [2.75, 3.05) is 26.2 Å². The van der Waals surface area contributed by atoms with E-state index in [1.54, 1.807) is 18.3 Å². The number of piperazine rings is 1. The number of rotatable bonds is 4. The van der Waals surface area contributed by atoms with Gasteiger partial charge in [-0.25, -0.2) is 0 Å². The minimum Gasteiger partial charge on any atom is -0.480 e. The van der Waals surface area contributed by atoms with Crippen LogP contribution in [0.15, 0.2) is 15.9 Å². The van der Waals surface area contributed by atoms with E-state index in [0.29, 0.717) is 0 Å². The van der Waals surface area contributed by atoms with Crippen molar-refractivity contribution in [3.63, 3.8) is 0 Å². The van der Waals surface area contributed by atoms with Gasteiger partial charge >= 0.3 is 5.97 Å². The second-order valence-corrected chi connectivity index (χ2v) is 6.47. The summed E-state index contributed by atoms with van der Waals surface area (Å²) in [4.78, 5) is 16.7. The molecule has 1 aliphatic heterocycles. The minimum absolute atomic E-state index is 0.372. The molecule has 6 heteroatoms. The topological polar surface area (TPSA) is 43.8 Å². The highest BCUT2D eigenvalue weighted by molar-refractivity contribution is 9.10. The summed E-state index contributed by atoms with van der Waals surface area (Å²) in [5.41, 5.74) is 0. The Labute approximate surface area is 119 Å². The highest BCUT2D eigenvalue weighted by atomic mass is 79.9. The van der Waals surface area contributed by atoms with Gasteiger partial charge in [0.2, 0.25) is 0 Å². The number of carboxylic acids is 1. The van der Waals surface area contributed by atoms with Crippen molar-refractivity contribution in [1.29, 1.82) is 0 Å². The van der Waals surface area contributed by atoms with Crippen LogP contribution in [-0.4, -0.2) is 53.1 Å². The summed E-state index contributed by atoms with van der Waals surface area (Å²) in [6.07, 6.45) is 0. The fourth-order valence-electron chi connectivity index (χ4n) is 2.12. The fourth-order valence-corrected chi connectivity index (χ4v) is 3.61. The summed E-state index contributed by atoms with van der Waals surface area (Å²) in [5, 5.41) is 11.1. The van der Waals surface area contributed by atoms with E-state index in [0.717, 1.165) is 37.2 Å². The highest BCUT2D eigenvalue weighted by Gasteiger charge is 2.25. The number of thiophene rings is 1. The van der Waals surface area contributed by atoms with Crippen LogP contribution in [0, 0.1) is 0 Å². The third kappa shape index (κ3) is 3.54. The molecule has 2 rings (SSSR count). The van der Waals surface area contributed by atoms with Gasteiger partial charge in [0, 0.05) is 47.5 Å². The van der Waals surface area contributed by atoms with Gasteiger partial charge in [-0.15, -0.1) is 11.3 Å². The van der Waals surface area contributed by atoms with E-state index in [4.69, 9.17) is 5.11 Å². The van der Waals surface area contributed by atoms with E-state index in [9.17, 15) is 4.79 Å². The molecule has 0 saturated carbocycles. The molecule has 1 N–H and O–H groups in total. The van der Waals surface area contributed by atoms with Crippen LogP contribution >= 0.6 is 27.3 Å². The third-order valence-electron chi connectivity index (χ3n) is 3.31. The van der Waals surface area contributed by atoms with Gasteiger partial charge in [-0.1, -0.05) is 0 Å². The molecule has 1 fully saturated rings. The van der Waals surface area contributed by atoms with E-state index in [-0.39, 0.29) is 6.04 Å². The van der Waals surface area contributed by atoms with Gasteiger partial charge in [-0.05, 0) is 28.9 Å². The number of halogens is 1. The molecule has 0 aliphatic carbocycles. The molecule has 100 valence electrons. The Morgan fingerprint density at radius 3 is 2.67 bits per heavy atom. The highest BCUT2D eigenvalue weighted by Crippen LogP contribution is 2.21. The molecule has 1 saturated heterocycles. The zero-order chi connectivity index (χ0) is 13.1.